The molecule has 86 valence electrons. The zero-order valence-electron chi connectivity index (χ0n) is 6.11. The van der Waals surface area contributed by atoms with Crippen molar-refractivity contribution in [2.24, 2.45) is 0 Å². The molecule has 0 N–H and O–H groups in total. The van der Waals surface area contributed by atoms with Crippen LogP contribution in [0.15, 0.2) is 0 Å². The molecule has 14 heavy (non-hydrogen) atoms. The van der Waals surface area contributed by atoms with Crippen LogP contribution in [0.1, 0.15) is 0 Å². The smallest absolute Gasteiger partial charge is 0.289 e. The van der Waals surface area contributed by atoms with Gasteiger partial charge in [0.05, 0.1) is 0 Å². The molecular formula is C5H2F6NiO2. The predicted octanol–water partition coefficient (Wildman–Crippen LogP) is 1.29. The Labute approximate surface area is 83.6 Å². The van der Waals surface area contributed by atoms with Gasteiger partial charge in [0.25, 0.3) is 0 Å². The van der Waals surface area contributed by atoms with Crippen LogP contribution in [-0.2, 0) is 26.1 Å². The Hall–Kier alpha value is -0.586. The molecule has 0 unspecified atom stereocenters. The van der Waals surface area contributed by atoms with Gasteiger partial charge in [-0.15, -0.1) is 0 Å². The first-order valence-electron chi connectivity index (χ1n) is 2.72. The summed E-state index contributed by atoms with van der Waals surface area (Å²) in [5.74, 6) is -11.6. The molecule has 0 aliphatic heterocycles. The summed E-state index contributed by atoms with van der Waals surface area (Å²) in [6.07, 6.45) is -5.85. The van der Waals surface area contributed by atoms with Crippen LogP contribution in [0, 0.1) is 0 Å². The van der Waals surface area contributed by atoms with E-state index in [1.807, 2.05) is 0 Å². The van der Waals surface area contributed by atoms with E-state index in [4.69, 9.17) is 0 Å². The van der Waals surface area contributed by atoms with E-state index in [0.29, 0.717) is 0 Å². The number of carbonyl (C=O) groups excluding carboxylic acids is 2. The van der Waals surface area contributed by atoms with Crippen LogP contribution in [0.4, 0.5) is 26.3 Å². The third kappa shape index (κ3) is 3.28. The fourth-order valence-electron chi connectivity index (χ4n) is 0.389. The minimum atomic E-state index is -5.85. The van der Waals surface area contributed by atoms with E-state index >= 15 is 0 Å². The molecule has 0 fully saturated rings. The van der Waals surface area contributed by atoms with Gasteiger partial charge in [0, 0.05) is 16.5 Å². The summed E-state index contributed by atoms with van der Waals surface area (Å²) in [5.41, 5.74) is 0. The summed E-state index contributed by atoms with van der Waals surface area (Å²) < 4.78 is 69.4. The molecule has 0 aromatic rings. The van der Waals surface area contributed by atoms with Crippen molar-refractivity contribution >= 4 is 11.6 Å². The zero-order chi connectivity index (χ0) is 10.9. The van der Waals surface area contributed by atoms with E-state index in [0.717, 1.165) is 0 Å². The Bertz CT molecular complexity index is 235. The molecule has 0 spiro atoms. The summed E-state index contributed by atoms with van der Waals surface area (Å²) in [4.78, 5) is 19.7. The summed E-state index contributed by atoms with van der Waals surface area (Å²) in [6.45, 7) is -2.32. The molecule has 0 aromatic carbocycles. The Morgan fingerprint density at radius 2 is 1.36 bits per heavy atom. The normalized spacial score (nSPS) is 11.9. The van der Waals surface area contributed by atoms with Crippen molar-refractivity contribution in [2.45, 2.75) is 12.1 Å². The van der Waals surface area contributed by atoms with Gasteiger partial charge in [0.2, 0.25) is 5.78 Å². The first-order valence-corrected chi connectivity index (χ1v) is 2.72. The Balaban J connectivity index is 0. The first-order chi connectivity index (χ1) is 5.64. The molecule has 0 saturated carbocycles. The maximum Gasteiger partial charge on any atom is 0.456 e. The van der Waals surface area contributed by atoms with E-state index in [9.17, 15) is 35.9 Å². The van der Waals surface area contributed by atoms with Gasteiger partial charge in [-0.3, -0.25) is 9.59 Å². The molecule has 2 nitrogen and oxygen atoms in total. The average Bonchev–Trinajstić information content (AvgIpc) is 1.99. The number of rotatable bonds is 3. The van der Waals surface area contributed by atoms with Gasteiger partial charge in [0.15, 0.2) is 6.67 Å². The number of alkyl halides is 6. The number of halogens is 6. The fourth-order valence-corrected chi connectivity index (χ4v) is 0.389. The van der Waals surface area contributed by atoms with E-state index < -0.39 is 30.3 Å². The molecular weight excluding hydrogens is 265 g/mol. The Morgan fingerprint density at radius 1 is 1.00 bits per heavy atom. The number of ketones is 2. The zero-order valence-corrected chi connectivity index (χ0v) is 7.10. The molecule has 0 amide bonds. The van der Waals surface area contributed by atoms with E-state index in [2.05, 4.69) is 0 Å². The molecule has 0 aromatic heterocycles. The molecule has 0 saturated heterocycles. The third-order valence-electron chi connectivity index (χ3n) is 1.01. The fraction of sp³-hybridized carbons (Fsp3) is 0.600. The average molecular weight is 267 g/mol. The van der Waals surface area contributed by atoms with Crippen LogP contribution in [-0.4, -0.2) is 30.3 Å². The van der Waals surface area contributed by atoms with Crippen LogP contribution in [0.2, 0.25) is 0 Å². The van der Waals surface area contributed by atoms with E-state index in [1.54, 1.807) is 0 Å². The van der Waals surface area contributed by atoms with Crippen LogP contribution >= 0.6 is 0 Å². The summed E-state index contributed by atoms with van der Waals surface area (Å²) >= 11 is 0. The molecule has 0 atom stereocenters. The topological polar surface area (TPSA) is 34.1 Å². The molecule has 0 heterocycles. The van der Waals surface area contributed by atoms with Crippen molar-refractivity contribution in [3.05, 3.63) is 0 Å². The van der Waals surface area contributed by atoms with E-state index in [-0.39, 0.29) is 16.5 Å². The Kier molecular flexibility index (Phi) is 5.41. The van der Waals surface area contributed by atoms with Gasteiger partial charge in [-0.25, -0.2) is 4.39 Å². The minimum absolute atomic E-state index is 0. The molecule has 9 heteroatoms. The van der Waals surface area contributed by atoms with Crippen molar-refractivity contribution in [1.29, 1.82) is 0 Å². The number of Topliss-reactive ketones (excluding diaryl/α,β-unsaturated/α-hetero) is 2. The first kappa shape index (κ1) is 15.9. The second-order valence-corrected chi connectivity index (χ2v) is 1.96. The van der Waals surface area contributed by atoms with Gasteiger partial charge in [-0.05, 0) is 0 Å². The van der Waals surface area contributed by atoms with Gasteiger partial charge in [-0.1, -0.05) is 0 Å². The van der Waals surface area contributed by atoms with Gasteiger partial charge in [-0.2, -0.15) is 22.0 Å². The third-order valence-corrected chi connectivity index (χ3v) is 1.01. The van der Waals surface area contributed by atoms with Gasteiger partial charge < -0.3 is 0 Å². The second-order valence-electron chi connectivity index (χ2n) is 1.96. The molecule has 0 radical (unpaired) electrons. The van der Waals surface area contributed by atoms with Crippen molar-refractivity contribution in [2.75, 3.05) is 6.67 Å². The van der Waals surface area contributed by atoms with Gasteiger partial charge >= 0.3 is 17.9 Å². The predicted molar refractivity (Wildman–Crippen MR) is 27.0 cm³/mol. The van der Waals surface area contributed by atoms with Crippen LogP contribution in [0.3, 0.4) is 0 Å². The molecule has 0 rings (SSSR count). The van der Waals surface area contributed by atoms with Crippen molar-refractivity contribution < 1.29 is 52.4 Å². The van der Waals surface area contributed by atoms with Crippen LogP contribution in [0.5, 0.6) is 0 Å². The van der Waals surface area contributed by atoms with Crippen LogP contribution < -0.4 is 0 Å². The maximum absolute atomic E-state index is 12.0. The number of hydrogen-bond donors (Lipinski definition) is 0. The van der Waals surface area contributed by atoms with Crippen LogP contribution in [0.25, 0.3) is 0 Å². The maximum atomic E-state index is 12.0. The van der Waals surface area contributed by atoms with E-state index in [1.165, 1.54) is 0 Å². The SMILES string of the molecule is O=C(CF)C(F)(F)C(=O)C(F)(F)F.[Ni]. The van der Waals surface area contributed by atoms with Gasteiger partial charge in [0.1, 0.15) is 0 Å². The largest absolute Gasteiger partial charge is 0.456 e. The molecule has 0 aliphatic carbocycles. The minimum Gasteiger partial charge on any atom is -0.289 e. The quantitative estimate of drug-likeness (QED) is 0.438. The summed E-state index contributed by atoms with van der Waals surface area (Å²) in [5, 5.41) is 0. The van der Waals surface area contributed by atoms with Crippen molar-refractivity contribution in [3.63, 3.8) is 0 Å². The van der Waals surface area contributed by atoms with Crippen molar-refractivity contribution in [3.8, 4) is 0 Å². The van der Waals surface area contributed by atoms with Crippen molar-refractivity contribution in [1.82, 2.24) is 0 Å². The second kappa shape index (κ2) is 4.77. The number of hydrogen-bond acceptors (Lipinski definition) is 2. The summed E-state index contributed by atoms with van der Waals surface area (Å²) in [7, 11) is 0. The molecule has 0 bridgehead atoms. The number of carbonyl (C=O) groups is 2. The Morgan fingerprint density at radius 3 is 1.57 bits per heavy atom. The summed E-state index contributed by atoms with van der Waals surface area (Å²) in [6, 6.07) is 0. The monoisotopic (exact) mass is 266 g/mol. The standard InChI is InChI=1S/C5H2F6O2.Ni/c6-1-2(12)4(7,8)3(13)5(9,10)11;/h1H2;. The molecule has 0 aliphatic rings.